The van der Waals surface area contributed by atoms with Crippen LogP contribution in [0.2, 0.25) is 0 Å². The number of methoxy groups -OCH3 is 1. The second-order valence-electron chi connectivity index (χ2n) is 4.07. The Morgan fingerprint density at radius 2 is 2.14 bits per heavy atom. The number of carboxylic acids is 1. The number of rotatable bonds is 8. The van der Waals surface area contributed by atoms with Gasteiger partial charge in [0.25, 0.3) is 0 Å². The van der Waals surface area contributed by atoms with Crippen molar-refractivity contribution in [2.45, 2.75) is 17.3 Å². The van der Waals surface area contributed by atoms with Gasteiger partial charge in [-0.3, -0.25) is 4.79 Å². The lowest BCUT2D eigenvalue weighted by atomic mass is 10.2. The van der Waals surface area contributed by atoms with E-state index in [0.717, 1.165) is 20.8 Å². The standard InChI is InChI=1S/C13H15N3O3S2/c1-19-10-4-2-9(3-5-10)8-14-12-15-16-13(21-12)20-7-6-11(17)18/h2-5H,6-8H2,1H3,(H,14,15)(H,17,18). The predicted octanol–water partition coefficient (Wildman–Crippen LogP) is 2.73. The van der Waals surface area contributed by atoms with Crippen molar-refractivity contribution >= 4 is 34.2 Å². The maximum atomic E-state index is 10.4. The Morgan fingerprint density at radius 3 is 2.81 bits per heavy atom. The van der Waals surface area contributed by atoms with E-state index in [1.165, 1.54) is 23.1 Å². The number of thioether (sulfide) groups is 1. The van der Waals surface area contributed by atoms with E-state index in [2.05, 4.69) is 15.5 Å². The molecule has 0 unspecified atom stereocenters. The Kier molecular flexibility index (Phi) is 5.82. The van der Waals surface area contributed by atoms with Crippen LogP contribution in [0.4, 0.5) is 5.13 Å². The summed E-state index contributed by atoms with van der Waals surface area (Å²) in [6, 6.07) is 7.78. The molecule has 0 aliphatic heterocycles. The first-order chi connectivity index (χ1) is 10.2. The van der Waals surface area contributed by atoms with Gasteiger partial charge in [0.05, 0.1) is 13.5 Å². The van der Waals surface area contributed by atoms with Crippen molar-refractivity contribution in [3.05, 3.63) is 29.8 Å². The molecule has 2 rings (SSSR count). The monoisotopic (exact) mass is 325 g/mol. The topological polar surface area (TPSA) is 84.3 Å². The molecule has 0 spiro atoms. The summed E-state index contributed by atoms with van der Waals surface area (Å²) in [7, 11) is 1.64. The smallest absolute Gasteiger partial charge is 0.304 e. The number of hydrogen-bond donors (Lipinski definition) is 2. The largest absolute Gasteiger partial charge is 0.497 e. The zero-order valence-electron chi connectivity index (χ0n) is 11.4. The number of carbonyl (C=O) groups is 1. The van der Waals surface area contributed by atoms with Gasteiger partial charge in [-0.25, -0.2) is 0 Å². The minimum atomic E-state index is -0.801. The highest BCUT2D eigenvalue weighted by molar-refractivity contribution is 8.01. The van der Waals surface area contributed by atoms with Gasteiger partial charge in [-0.05, 0) is 17.7 Å². The maximum Gasteiger partial charge on any atom is 0.304 e. The van der Waals surface area contributed by atoms with Gasteiger partial charge in [-0.1, -0.05) is 35.2 Å². The first kappa shape index (κ1) is 15.6. The van der Waals surface area contributed by atoms with Crippen molar-refractivity contribution in [2.75, 3.05) is 18.2 Å². The summed E-state index contributed by atoms with van der Waals surface area (Å²) in [5, 5.41) is 20.5. The first-order valence-corrected chi connectivity index (χ1v) is 8.02. The Bertz CT molecular complexity index is 587. The Hall–Kier alpha value is -1.80. The molecule has 0 amide bonds. The van der Waals surface area contributed by atoms with Crippen LogP contribution in [0, 0.1) is 0 Å². The van der Waals surface area contributed by atoms with E-state index in [1.54, 1.807) is 7.11 Å². The Morgan fingerprint density at radius 1 is 1.38 bits per heavy atom. The summed E-state index contributed by atoms with van der Waals surface area (Å²) >= 11 is 2.83. The van der Waals surface area contributed by atoms with E-state index in [9.17, 15) is 4.79 Å². The molecule has 0 fully saturated rings. The zero-order valence-corrected chi connectivity index (χ0v) is 13.0. The molecule has 21 heavy (non-hydrogen) atoms. The van der Waals surface area contributed by atoms with Crippen LogP contribution in [0.25, 0.3) is 0 Å². The summed E-state index contributed by atoms with van der Waals surface area (Å²) in [4.78, 5) is 10.4. The van der Waals surface area contributed by atoms with Crippen LogP contribution < -0.4 is 10.1 Å². The van der Waals surface area contributed by atoms with Crippen molar-refractivity contribution in [1.29, 1.82) is 0 Å². The van der Waals surface area contributed by atoms with E-state index >= 15 is 0 Å². The quantitative estimate of drug-likeness (QED) is 0.722. The number of hydrogen-bond acceptors (Lipinski definition) is 7. The van der Waals surface area contributed by atoms with Crippen molar-refractivity contribution in [2.24, 2.45) is 0 Å². The third kappa shape index (κ3) is 5.24. The molecular formula is C13H15N3O3S2. The average molecular weight is 325 g/mol. The third-order valence-electron chi connectivity index (χ3n) is 2.55. The summed E-state index contributed by atoms with van der Waals surface area (Å²) in [6.07, 6.45) is 0.124. The van der Waals surface area contributed by atoms with Gasteiger partial charge in [0.1, 0.15) is 5.75 Å². The van der Waals surface area contributed by atoms with Crippen LogP contribution in [0.3, 0.4) is 0 Å². The van der Waals surface area contributed by atoms with Crippen LogP contribution in [0.1, 0.15) is 12.0 Å². The molecule has 0 bridgehead atoms. The number of anilines is 1. The molecule has 0 radical (unpaired) electrons. The molecule has 112 valence electrons. The van der Waals surface area contributed by atoms with Gasteiger partial charge >= 0.3 is 5.97 Å². The Balaban J connectivity index is 1.80. The van der Waals surface area contributed by atoms with Crippen molar-refractivity contribution in [3.63, 3.8) is 0 Å². The molecule has 0 aliphatic carbocycles. The lowest BCUT2D eigenvalue weighted by Crippen LogP contribution is -1.98. The minimum absolute atomic E-state index is 0.124. The third-order valence-corrected chi connectivity index (χ3v) is 4.57. The van der Waals surface area contributed by atoms with E-state index in [-0.39, 0.29) is 6.42 Å². The van der Waals surface area contributed by atoms with E-state index < -0.39 is 5.97 Å². The highest BCUT2D eigenvalue weighted by atomic mass is 32.2. The molecule has 2 N–H and O–H groups in total. The normalized spacial score (nSPS) is 10.3. The molecule has 1 aromatic heterocycles. The fraction of sp³-hybridized carbons (Fsp3) is 0.308. The number of nitrogens with one attached hydrogen (secondary N) is 1. The molecule has 6 nitrogen and oxygen atoms in total. The van der Waals surface area contributed by atoms with Crippen molar-refractivity contribution < 1.29 is 14.6 Å². The van der Waals surface area contributed by atoms with Gasteiger partial charge in [-0.15, -0.1) is 10.2 Å². The summed E-state index contributed by atoms with van der Waals surface area (Å²) < 4.78 is 5.88. The van der Waals surface area contributed by atoms with Crippen molar-refractivity contribution in [3.8, 4) is 5.75 Å². The summed E-state index contributed by atoms with van der Waals surface area (Å²) in [5.41, 5.74) is 1.12. The second-order valence-corrected chi connectivity index (χ2v) is 6.39. The van der Waals surface area contributed by atoms with Gasteiger partial charge in [0, 0.05) is 12.3 Å². The molecule has 0 atom stereocenters. The number of carboxylic acid groups (broad SMARTS) is 1. The predicted molar refractivity (Wildman–Crippen MR) is 83.2 cm³/mol. The molecule has 0 aliphatic rings. The van der Waals surface area contributed by atoms with Crippen molar-refractivity contribution in [1.82, 2.24) is 10.2 Å². The number of aromatic nitrogens is 2. The molecule has 1 heterocycles. The number of aliphatic carboxylic acids is 1. The molecular weight excluding hydrogens is 310 g/mol. The fourth-order valence-corrected chi connectivity index (χ4v) is 3.23. The molecule has 1 aromatic carbocycles. The highest BCUT2D eigenvalue weighted by Crippen LogP contribution is 2.26. The molecule has 8 heteroatoms. The van der Waals surface area contributed by atoms with Gasteiger partial charge in [0.15, 0.2) is 4.34 Å². The van der Waals surface area contributed by atoms with Crippen LogP contribution in [0.5, 0.6) is 5.75 Å². The van der Waals surface area contributed by atoms with Crippen LogP contribution in [-0.2, 0) is 11.3 Å². The van der Waals surface area contributed by atoms with E-state index in [0.29, 0.717) is 12.3 Å². The van der Waals surface area contributed by atoms with Gasteiger partial charge in [0.2, 0.25) is 5.13 Å². The van der Waals surface area contributed by atoms with Crippen LogP contribution >= 0.6 is 23.1 Å². The fourth-order valence-electron chi connectivity index (χ4n) is 1.49. The maximum absolute atomic E-state index is 10.4. The van der Waals surface area contributed by atoms with Crippen LogP contribution in [-0.4, -0.2) is 34.1 Å². The lowest BCUT2D eigenvalue weighted by molar-refractivity contribution is -0.136. The number of benzene rings is 1. The second kappa shape index (κ2) is 7.84. The molecule has 0 saturated heterocycles. The average Bonchev–Trinajstić information content (AvgIpc) is 2.93. The molecule has 0 saturated carbocycles. The molecule has 2 aromatic rings. The van der Waals surface area contributed by atoms with E-state index in [1.807, 2.05) is 24.3 Å². The first-order valence-electron chi connectivity index (χ1n) is 6.22. The zero-order chi connectivity index (χ0) is 15.1. The van der Waals surface area contributed by atoms with Gasteiger partial charge in [-0.2, -0.15) is 0 Å². The minimum Gasteiger partial charge on any atom is -0.497 e. The number of ether oxygens (including phenoxy) is 1. The SMILES string of the molecule is COc1ccc(CNc2nnc(SCCC(=O)O)s2)cc1. The number of nitrogens with zero attached hydrogens (tertiary/aromatic N) is 2. The summed E-state index contributed by atoms with van der Waals surface area (Å²) in [6.45, 7) is 0.651. The van der Waals surface area contributed by atoms with E-state index in [4.69, 9.17) is 9.84 Å². The lowest BCUT2D eigenvalue weighted by Gasteiger charge is -2.03. The van der Waals surface area contributed by atoms with Crippen LogP contribution in [0.15, 0.2) is 28.6 Å². The van der Waals surface area contributed by atoms with Gasteiger partial charge < -0.3 is 15.2 Å². The Labute approximate surface area is 130 Å². The summed E-state index contributed by atoms with van der Waals surface area (Å²) in [5.74, 6) is 0.527. The highest BCUT2D eigenvalue weighted by Gasteiger charge is 2.06.